The number of fused-ring (bicyclic) bond motifs is 3. The van der Waals surface area contributed by atoms with E-state index >= 15 is 0 Å². The minimum absolute atomic E-state index is 0.0398. The molecule has 1 aliphatic rings. The third-order valence-electron chi connectivity index (χ3n) is 4.29. The van der Waals surface area contributed by atoms with Gasteiger partial charge in [0.15, 0.2) is 5.78 Å². The van der Waals surface area contributed by atoms with Crippen LogP contribution in [0, 0.1) is 0 Å². The number of thioether (sulfide) groups is 1. The predicted octanol–water partition coefficient (Wildman–Crippen LogP) is 4.92. The van der Waals surface area contributed by atoms with Gasteiger partial charge in [0.2, 0.25) is 0 Å². The van der Waals surface area contributed by atoms with E-state index in [9.17, 15) is 4.79 Å². The lowest BCUT2D eigenvalue weighted by atomic mass is 9.82. The lowest BCUT2D eigenvalue weighted by Gasteiger charge is -2.22. The third kappa shape index (κ3) is 1.82. The van der Waals surface area contributed by atoms with Crippen LogP contribution < -0.4 is 0 Å². The summed E-state index contributed by atoms with van der Waals surface area (Å²) in [5.74, 6) is 0.129. The van der Waals surface area contributed by atoms with Crippen LogP contribution in [0.25, 0.3) is 11.1 Å². The van der Waals surface area contributed by atoms with Gasteiger partial charge in [-0.05, 0) is 53.6 Å². The van der Waals surface area contributed by atoms with Crippen molar-refractivity contribution in [2.24, 2.45) is 0 Å². The van der Waals surface area contributed by atoms with E-state index in [4.69, 9.17) is 0 Å². The lowest BCUT2D eigenvalue weighted by molar-refractivity contribution is 0.101. The molecule has 0 N–H and O–H groups in total. The van der Waals surface area contributed by atoms with Crippen LogP contribution >= 0.6 is 11.8 Å². The summed E-state index contributed by atoms with van der Waals surface area (Å²) in [6.07, 6.45) is 2.10. The molecule has 3 rings (SSSR count). The summed E-state index contributed by atoms with van der Waals surface area (Å²) in [5, 5.41) is 0. The minimum Gasteiger partial charge on any atom is -0.295 e. The molecular weight excluding hydrogens is 264 g/mol. The van der Waals surface area contributed by atoms with E-state index in [1.54, 1.807) is 18.7 Å². The first-order valence-corrected chi connectivity index (χ1v) is 8.02. The maximum absolute atomic E-state index is 11.6. The van der Waals surface area contributed by atoms with Crippen LogP contribution in [-0.4, -0.2) is 12.0 Å². The zero-order valence-electron chi connectivity index (χ0n) is 12.3. The van der Waals surface area contributed by atoms with Gasteiger partial charge in [0.05, 0.1) is 0 Å². The van der Waals surface area contributed by atoms with Gasteiger partial charge in [0.25, 0.3) is 0 Å². The van der Waals surface area contributed by atoms with Crippen LogP contribution in [0.1, 0.15) is 42.3 Å². The van der Waals surface area contributed by atoms with E-state index in [0.29, 0.717) is 0 Å². The highest BCUT2D eigenvalue weighted by atomic mass is 32.2. The highest BCUT2D eigenvalue weighted by Gasteiger charge is 2.35. The molecule has 0 atom stereocenters. The first-order valence-electron chi connectivity index (χ1n) is 6.79. The number of carbonyl (C=O) groups excluding carboxylic acids is 1. The number of carbonyl (C=O) groups is 1. The first-order chi connectivity index (χ1) is 9.45. The van der Waals surface area contributed by atoms with Crippen molar-refractivity contribution in [2.45, 2.75) is 31.1 Å². The zero-order valence-corrected chi connectivity index (χ0v) is 13.1. The van der Waals surface area contributed by atoms with E-state index in [0.717, 1.165) is 5.56 Å². The number of Topliss-reactive ketones (excluding diaryl/α,β-unsaturated/α-hetero) is 1. The minimum atomic E-state index is -0.0398. The average molecular weight is 282 g/mol. The SMILES string of the molecule is CSc1ccc2c(c1)C(C)(C)c1cc(C(C)=O)ccc1-2. The molecule has 0 saturated carbocycles. The molecule has 0 radical (unpaired) electrons. The van der Waals surface area contributed by atoms with Gasteiger partial charge in [0.1, 0.15) is 0 Å². The molecule has 1 nitrogen and oxygen atoms in total. The van der Waals surface area contributed by atoms with Crippen molar-refractivity contribution in [1.82, 2.24) is 0 Å². The van der Waals surface area contributed by atoms with Gasteiger partial charge in [-0.1, -0.05) is 32.0 Å². The number of hydrogen-bond donors (Lipinski definition) is 0. The van der Waals surface area contributed by atoms with E-state index in [-0.39, 0.29) is 11.2 Å². The van der Waals surface area contributed by atoms with Gasteiger partial charge in [-0.3, -0.25) is 4.79 Å². The monoisotopic (exact) mass is 282 g/mol. The Kier molecular flexibility index (Phi) is 3.02. The molecule has 0 fully saturated rings. The molecule has 0 aromatic heterocycles. The summed E-state index contributed by atoms with van der Waals surface area (Å²) in [5.41, 5.74) is 5.95. The molecule has 2 aromatic rings. The smallest absolute Gasteiger partial charge is 0.159 e. The van der Waals surface area contributed by atoms with Crippen LogP contribution in [0.5, 0.6) is 0 Å². The molecule has 2 heteroatoms. The Morgan fingerprint density at radius 1 is 1.00 bits per heavy atom. The fraction of sp³-hybridized carbons (Fsp3) is 0.278. The topological polar surface area (TPSA) is 17.1 Å². The summed E-state index contributed by atoms with van der Waals surface area (Å²) >= 11 is 1.77. The zero-order chi connectivity index (χ0) is 14.5. The summed E-state index contributed by atoms with van der Waals surface area (Å²) in [6.45, 7) is 6.11. The largest absolute Gasteiger partial charge is 0.295 e. The van der Waals surface area contributed by atoms with Gasteiger partial charge < -0.3 is 0 Å². The standard InChI is InChI=1S/C18H18OS/c1-11(19)12-5-7-14-15-8-6-13(20-4)10-17(15)18(2,3)16(14)9-12/h5-10H,1-4H3. The molecule has 0 spiro atoms. The molecule has 0 heterocycles. The highest BCUT2D eigenvalue weighted by molar-refractivity contribution is 7.98. The average Bonchev–Trinajstić information content (AvgIpc) is 2.67. The van der Waals surface area contributed by atoms with Gasteiger partial charge in [-0.15, -0.1) is 11.8 Å². The van der Waals surface area contributed by atoms with E-state index in [1.807, 2.05) is 6.07 Å². The Morgan fingerprint density at radius 2 is 1.60 bits per heavy atom. The number of ketones is 1. The van der Waals surface area contributed by atoms with Crippen LogP contribution in [0.2, 0.25) is 0 Å². The van der Waals surface area contributed by atoms with Gasteiger partial charge >= 0.3 is 0 Å². The Bertz CT molecular complexity index is 713. The molecule has 0 bridgehead atoms. The van der Waals surface area contributed by atoms with Gasteiger partial charge in [-0.2, -0.15) is 0 Å². The summed E-state index contributed by atoms with van der Waals surface area (Å²) in [7, 11) is 0. The molecule has 0 saturated heterocycles. The van der Waals surface area contributed by atoms with E-state index in [2.05, 4.69) is 50.4 Å². The van der Waals surface area contributed by atoms with E-state index in [1.165, 1.54) is 27.1 Å². The summed E-state index contributed by atoms with van der Waals surface area (Å²) < 4.78 is 0. The number of benzene rings is 2. The predicted molar refractivity (Wildman–Crippen MR) is 85.8 cm³/mol. The van der Waals surface area contributed by atoms with Crippen molar-refractivity contribution < 1.29 is 4.79 Å². The van der Waals surface area contributed by atoms with Crippen LogP contribution in [0.4, 0.5) is 0 Å². The maximum Gasteiger partial charge on any atom is 0.159 e. The van der Waals surface area contributed by atoms with E-state index < -0.39 is 0 Å². The molecular formula is C18H18OS. The quantitative estimate of drug-likeness (QED) is 0.574. The second-order valence-electron chi connectivity index (χ2n) is 5.85. The second-order valence-corrected chi connectivity index (χ2v) is 6.73. The lowest BCUT2D eigenvalue weighted by Crippen LogP contribution is -2.15. The fourth-order valence-electron chi connectivity index (χ4n) is 3.06. The highest BCUT2D eigenvalue weighted by Crippen LogP contribution is 2.49. The third-order valence-corrected chi connectivity index (χ3v) is 5.02. The van der Waals surface area contributed by atoms with Gasteiger partial charge in [0, 0.05) is 15.9 Å². The summed E-state index contributed by atoms with van der Waals surface area (Å²) in [6, 6.07) is 12.8. The maximum atomic E-state index is 11.6. The van der Waals surface area contributed by atoms with Crippen molar-refractivity contribution in [3.8, 4) is 11.1 Å². The second kappa shape index (κ2) is 4.49. The van der Waals surface area contributed by atoms with Crippen LogP contribution in [0.15, 0.2) is 41.3 Å². The first kappa shape index (κ1) is 13.4. The Morgan fingerprint density at radius 3 is 2.20 bits per heavy atom. The number of hydrogen-bond acceptors (Lipinski definition) is 2. The van der Waals surface area contributed by atoms with Crippen molar-refractivity contribution in [3.05, 3.63) is 53.1 Å². The number of rotatable bonds is 2. The van der Waals surface area contributed by atoms with Gasteiger partial charge in [-0.25, -0.2) is 0 Å². The molecule has 1 aliphatic carbocycles. The van der Waals surface area contributed by atoms with Crippen molar-refractivity contribution in [3.63, 3.8) is 0 Å². The Labute approximate surface area is 124 Å². The fourth-order valence-corrected chi connectivity index (χ4v) is 3.50. The van der Waals surface area contributed by atoms with Crippen LogP contribution in [-0.2, 0) is 5.41 Å². The van der Waals surface area contributed by atoms with Crippen molar-refractivity contribution in [1.29, 1.82) is 0 Å². The van der Waals surface area contributed by atoms with Crippen molar-refractivity contribution >= 4 is 17.5 Å². The molecule has 2 aromatic carbocycles. The molecule has 0 aliphatic heterocycles. The molecule has 0 unspecified atom stereocenters. The molecule has 0 amide bonds. The molecule has 20 heavy (non-hydrogen) atoms. The normalized spacial score (nSPS) is 14.8. The van der Waals surface area contributed by atoms with Crippen LogP contribution in [0.3, 0.4) is 0 Å². The Balaban J connectivity index is 2.26. The summed E-state index contributed by atoms with van der Waals surface area (Å²) in [4.78, 5) is 12.9. The Hall–Kier alpha value is -1.54. The molecule has 102 valence electrons. The van der Waals surface area contributed by atoms with Crippen molar-refractivity contribution in [2.75, 3.05) is 6.26 Å².